The van der Waals surface area contributed by atoms with E-state index in [1.807, 2.05) is 31.1 Å². The summed E-state index contributed by atoms with van der Waals surface area (Å²) in [4.78, 5) is 25.9. The summed E-state index contributed by atoms with van der Waals surface area (Å²) in [5.41, 5.74) is 1.12. The van der Waals surface area contributed by atoms with Crippen LogP contribution in [-0.4, -0.2) is 60.1 Å². The molecule has 0 N–H and O–H groups in total. The SMILES string of the molecule is CN(C)c1nccc(N(C)C2CCN(Cc3cccc([N+](=O)[O-])c3)C2)n1. The molecule has 1 atom stereocenters. The van der Waals surface area contributed by atoms with Gasteiger partial charge in [-0.05, 0) is 18.1 Å². The summed E-state index contributed by atoms with van der Waals surface area (Å²) in [5, 5.41) is 10.9. The van der Waals surface area contributed by atoms with E-state index in [9.17, 15) is 10.1 Å². The van der Waals surface area contributed by atoms with Crippen LogP contribution in [0.1, 0.15) is 12.0 Å². The Morgan fingerprint density at radius 3 is 2.85 bits per heavy atom. The van der Waals surface area contributed by atoms with Crippen molar-refractivity contribution in [1.29, 1.82) is 0 Å². The molecule has 8 nitrogen and oxygen atoms in total. The van der Waals surface area contributed by atoms with E-state index in [0.717, 1.165) is 37.4 Å². The zero-order valence-corrected chi connectivity index (χ0v) is 15.4. The van der Waals surface area contributed by atoms with Gasteiger partial charge in [-0.15, -0.1) is 0 Å². The van der Waals surface area contributed by atoms with E-state index >= 15 is 0 Å². The molecule has 1 aromatic carbocycles. The van der Waals surface area contributed by atoms with Crippen molar-refractivity contribution in [3.63, 3.8) is 0 Å². The predicted octanol–water partition coefficient (Wildman–Crippen LogP) is 2.16. The molecule has 0 saturated carbocycles. The molecule has 3 rings (SSSR count). The summed E-state index contributed by atoms with van der Waals surface area (Å²) in [7, 11) is 5.91. The van der Waals surface area contributed by atoms with Crippen LogP contribution in [-0.2, 0) is 6.54 Å². The normalized spacial score (nSPS) is 17.3. The molecule has 1 aliphatic rings. The molecule has 138 valence electrons. The van der Waals surface area contributed by atoms with Gasteiger partial charge in [0.1, 0.15) is 5.82 Å². The maximum Gasteiger partial charge on any atom is 0.269 e. The van der Waals surface area contributed by atoms with E-state index in [0.29, 0.717) is 12.0 Å². The van der Waals surface area contributed by atoms with Gasteiger partial charge in [-0.1, -0.05) is 12.1 Å². The third-order valence-electron chi connectivity index (χ3n) is 4.71. The van der Waals surface area contributed by atoms with Crippen LogP contribution in [0.25, 0.3) is 0 Å². The highest BCUT2D eigenvalue weighted by atomic mass is 16.6. The van der Waals surface area contributed by atoms with Crippen molar-refractivity contribution in [2.24, 2.45) is 0 Å². The smallest absolute Gasteiger partial charge is 0.269 e. The summed E-state index contributed by atoms with van der Waals surface area (Å²) in [6, 6.07) is 9.16. The number of nitro benzene ring substituents is 1. The Bertz CT molecular complexity index is 782. The van der Waals surface area contributed by atoms with E-state index in [2.05, 4.69) is 26.8 Å². The second-order valence-electron chi connectivity index (χ2n) is 6.82. The minimum absolute atomic E-state index is 0.146. The van der Waals surface area contributed by atoms with Crippen LogP contribution in [0.4, 0.5) is 17.5 Å². The van der Waals surface area contributed by atoms with Gasteiger partial charge in [0.05, 0.1) is 4.92 Å². The first kappa shape index (κ1) is 18.1. The van der Waals surface area contributed by atoms with E-state index in [4.69, 9.17) is 0 Å². The quantitative estimate of drug-likeness (QED) is 0.580. The average Bonchev–Trinajstić information content (AvgIpc) is 3.09. The minimum Gasteiger partial charge on any atom is -0.355 e. The molecule has 26 heavy (non-hydrogen) atoms. The Balaban J connectivity index is 1.64. The summed E-state index contributed by atoms with van der Waals surface area (Å²) in [6.45, 7) is 2.59. The van der Waals surface area contributed by atoms with Gasteiger partial charge in [0, 0.05) is 65.1 Å². The molecular weight excluding hydrogens is 332 g/mol. The van der Waals surface area contributed by atoms with Crippen molar-refractivity contribution in [2.75, 3.05) is 44.0 Å². The number of hydrogen-bond donors (Lipinski definition) is 0. The molecular formula is C18H24N6O2. The topological polar surface area (TPSA) is 78.6 Å². The number of anilines is 2. The summed E-state index contributed by atoms with van der Waals surface area (Å²) < 4.78 is 0. The van der Waals surface area contributed by atoms with Gasteiger partial charge in [0.25, 0.3) is 5.69 Å². The maximum absolute atomic E-state index is 10.9. The van der Waals surface area contributed by atoms with Crippen molar-refractivity contribution < 1.29 is 4.92 Å². The van der Waals surface area contributed by atoms with Crippen LogP contribution in [0.5, 0.6) is 0 Å². The Labute approximate surface area is 153 Å². The van der Waals surface area contributed by atoms with Gasteiger partial charge in [-0.25, -0.2) is 4.98 Å². The van der Waals surface area contributed by atoms with Gasteiger partial charge in [-0.2, -0.15) is 4.98 Å². The first-order valence-electron chi connectivity index (χ1n) is 8.63. The monoisotopic (exact) mass is 356 g/mol. The number of likely N-dealkylation sites (N-methyl/N-ethyl adjacent to an activating group) is 1. The Hall–Kier alpha value is -2.74. The van der Waals surface area contributed by atoms with Crippen LogP contribution >= 0.6 is 0 Å². The molecule has 8 heteroatoms. The van der Waals surface area contributed by atoms with Gasteiger partial charge in [0.2, 0.25) is 5.95 Å². The molecule has 1 aliphatic heterocycles. The van der Waals surface area contributed by atoms with Gasteiger partial charge >= 0.3 is 0 Å². The summed E-state index contributed by atoms with van der Waals surface area (Å²) >= 11 is 0. The van der Waals surface area contributed by atoms with E-state index in [1.165, 1.54) is 6.07 Å². The van der Waals surface area contributed by atoms with E-state index in [1.54, 1.807) is 18.3 Å². The number of hydrogen-bond acceptors (Lipinski definition) is 7. The molecule has 0 radical (unpaired) electrons. The second kappa shape index (κ2) is 7.65. The Morgan fingerprint density at radius 2 is 2.12 bits per heavy atom. The van der Waals surface area contributed by atoms with Crippen LogP contribution < -0.4 is 9.80 Å². The molecule has 2 heterocycles. The number of non-ortho nitro benzene ring substituents is 1. The number of likely N-dealkylation sites (tertiary alicyclic amines) is 1. The van der Waals surface area contributed by atoms with Crippen molar-refractivity contribution in [1.82, 2.24) is 14.9 Å². The van der Waals surface area contributed by atoms with Gasteiger partial charge in [-0.3, -0.25) is 15.0 Å². The molecule has 1 unspecified atom stereocenters. The Kier molecular flexibility index (Phi) is 5.32. The van der Waals surface area contributed by atoms with Gasteiger partial charge in [0.15, 0.2) is 0 Å². The highest BCUT2D eigenvalue weighted by molar-refractivity contribution is 5.43. The molecule has 0 bridgehead atoms. The van der Waals surface area contributed by atoms with Crippen molar-refractivity contribution in [3.05, 3.63) is 52.2 Å². The third kappa shape index (κ3) is 4.08. The van der Waals surface area contributed by atoms with Crippen LogP contribution in [0, 0.1) is 10.1 Å². The molecule has 1 saturated heterocycles. The fraction of sp³-hybridized carbons (Fsp3) is 0.444. The summed E-state index contributed by atoms with van der Waals surface area (Å²) in [5.74, 6) is 1.60. The summed E-state index contributed by atoms with van der Waals surface area (Å²) in [6.07, 6.45) is 2.82. The van der Waals surface area contributed by atoms with E-state index < -0.39 is 0 Å². The second-order valence-corrected chi connectivity index (χ2v) is 6.82. The van der Waals surface area contributed by atoms with Gasteiger partial charge < -0.3 is 9.80 Å². The lowest BCUT2D eigenvalue weighted by molar-refractivity contribution is -0.384. The highest BCUT2D eigenvalue weighted by Crippen LogP contribution is 2.23. The van der Waals surface area contributed by atoms with E-state index in [-0.39, 0.29) is 10.6 Å². The largest absolute Gasteiger partial charge is 0.355 e. The Morgan fingerprint density at radius 1 is 1.31 bits per heavy atom. The molecule has 2 aromatic rings. The molecule has 1 fully saturated rings. The molecule has 0 aliphatic carbocycles. The first-order chi connectivity index (χ1) is 12.4. The lowest BCUT2D eigenvalue weighted by atomic mass is 10.2. The number of benzene rings is 1. The zero-order chi connectivity index (χ0) is 18.7. The maximum atomic E-state index is 10.9. The minimum atomic E-state index is -0.346. The third-order valence-corrected chi connectivity index (χ3v) is 4.71. The zero-order valence-electron chi connectivity index (χ0n) is 15.4. The fourth-order valence-electron chi connectivity index (χ4n) is 3.24. The number of rotatable bonds is 6. The predicted molar refractivity (Wildman–Crippen MR) is 102 cm³/mol. The average molecular weight is 356 g/mol. The molecule has 0 amide bonds. The van der Waals surface area contributed by atoms with Crippen molar-refractivity contribution >= 4 is 17.5 Å². The molecule has 1 aromatic heterocycles. The number of aromatic nitrogens is 2. The number of nitro groups is 1. The first-order valence-corrected chi connectivity index (χ1v) is 8.63. The highest BCUT2D eigenvalue weighted by Gasteiger charge is 2.27. The fourth-order valence-corrected chi connectivity index (χ4v) is 3.24. The van der Waals surface area contributed by atoms with Crippen LogP contribution in [0.2, 0.25) is 0 Å². The number of nitrogens with zero attached hydrogens (tertiary/aromatic N) is 6. The lowest BCUT2D eigenvalue weighted by Gasteiger charge is -2.26. The lowest BCUT2D eigenvalue weighted by Crippen LogP contribution is -2.35. The molecule has 0 spiro atoms. The van der Waals surface area contributed by atoms with Crippen LogP contribution in [0.15, 0.2) is 36.5 Å². The standard InChI is InChI=1S/C18H24N6O2/c1-21(2)18-19-9-7-17(20-18)22(3)16-8-10-23(13-16)12-14-5-4-6-15(11-14)24(25)26/h4-7,9,11,16H,8,10,12-13H2,1-3H3. The van der Waals surface area contributed by atoms with Crippen molar-refractivity contribution in [3.8, 4) is 0 Å². The van der Waals surface area contributed by atoms with Crippen molar-refractivity contribution in [2.45, 2.75) is 19.0 Å². The van der Waals surface area contributed by atoms with Crippen LogP contribution in [0.3, 0.4) is 0 Å².